The number of hydrogen-bond donors (Lipinski definition) is 0. The molecule has 0 atom stereocenters. The maximum Gasteiger partial charge on any atom is 0.262 e. The molecule has 0 bridgehead atoms. The quantitative estimate of drug-likeness (QED) is 0.439. The van der Waals surface area contributed by atoms with Gasteiger partial charge in [0.15, 0.2) is 5.82 Å². The van der Waals surface area contributed by atoms with Crippen molar-refractivity contribution in [1.82, 2.24) is 14.5 Å². The molecule has 2 aromatic heterocycles. The standard InChI is InChI=1S/C18H11N3O/c22-18-13-6-2-4-8-15(13)20-17-16-12(10-21(17)18)9-11-5-1-3-7-14(11)19-16/h1-9H,10H2. The third-order valence-corrected chi connectivity index (χ3v) is 4.20. The zero-order chi connectivity index (χ0) is 14.7. The molecule has 1 aliphatic rings. The highest BCUT2D eigenvalue weighted by Crippen LogP contribution is 2.30. The van der Waals surface area contributed by atoms with Crippen LogP contribution in [0.5, 0.6) is 0 Å². The number of aromatic nitrogens is 3. The summed E-state index contributed by atoms with van der Waals surface area (Å²) in [6.45, 7) is 0.541. The fourth-order valence-corrected chi connectivity index (χ4v) is 3.14. The fraction of sp³-hybridized carbons (Fsp3) is 0.0556. The van der Waals surface area contributed by atoms with Gasteiger partial charge in [0.25, 0.3) is 5.56 Å². The van der Waals surface area contributed by atoms with Gasteiger partial charge in [-0.2, -0.15) is 0 Å². The van der Waals surface area contributed by atoms with Crippen LogP contribution in [0.1, 0.15) is 5.56 Å². The lowest BCUT2D eigenvalue weighted by atomic mass is 10.1. The molecule has 0 saturated carbocycles. The fourth-order valence-electron chi connectivity index (χ4n) is 3.14. The molecular formula is C18H11N3O. The van der Waals surface area contributed by atoms with Gasteiger partial charge >= 0.3 is 0 Å². The Balaban J connectivity index is 1.90. The van der Waals surface area contributed by atoms with Crippen LogP contribution in [0.2, 0.25) is 0 Å². The number of rotatable bonds is 0. The molecule has 0 amide bonds. The Kier molecular flexibility index (Phi) is 2.12. The van der Waals surface area contributed by atoms with Crippen LogP contribution in [0.15, 0.2) is 59.4 Å². The van der Waals surface area contributed by atoms with Crippen molar-refractivity contribution in [3.05, 3.63) is 70.5 Å². The SMILES string of the molecule is O=c1c2ccccc2nc2n1Cc1cc3ccccc3nc1-2. The van der Waals surface area contributed by atoms with E-state index in [9.17, 15) is 4.79 Å². The van der Waals surface area contributed by atoms with E-state index in [1.807, 2.05) is 48.5 Å². The van der Waals surface area contributed by atoms with Crippen molar-refractivity contribution in [3.8, 4) is 11.5 Å². The summed E-state index contributed by atoms with van der Waals surface area (Å²) in [6.07, 6.45) is 0. The lowest BCUT2D eigenvalue weighted by Crippen LogP contribution is -2.20. The Bertz CT molecular complexity index is 1130. The lowest BCUT2D eigenvalue weighted by Gasteiger charge is -2.04. The van der Waals surface area contributed by atoms with Gasteiger partial charge in [-0.1, -0.05) is 30.3 Å². The zero-order valence-electron chi connectivity index (χ0n) is 11.7. The minimum Gasteiger partial charge on any atom is -0.286 e. The van der Waals surface area contributed by atoms with Crippen LogP contribution >= 0.6 is 0 Å². The second kappa shape index (κ2) is 4.01. The van der Waals surface area contributed by atoms with Crippen molar-refractivity contribution in [2.75, 3.05) is 0 Å². The van der Waals surface area contributed by atoms with Crippen LogP contribution in [-0.2, 0) is 6.54 Å². The summed E-state index contributed by atoms with van der Waals surface area (Å²) in [5.74, 6) is 0.671. The predicted molar refractivity (Wildman–Crippen MR) is 85.8 cm³/mol. The molecule has 4 aromatic rings. The van der Waals surface area contributed by atoms with Crippen LogP contribution < -0.4 is 5.56 Å². The Morgan fingerprint density at radius 1 is 0.909 bits per heavy atom. The van der Waals surface area contributed by atoms with Crippen LogP contribution in [0.25, 0.3) is 33.3 Å². The number of fused-ring (bicyclic) bond motifs is 5. The Morgan fingerprint density at radius 2 is 1.68 bits per heavy atom. The van der Waals surface area contributed by atoms with E-state index in [0.29, 0.717) is 17.8 Å². The van der Waals surface area contributed by atoms with Crippen molar-refractivity contribution in [1.29, 1.82) is 0 Å². The van der Waals surface area contributed by atoms with Crippen LogP contribution in [0.3, 0.4) is 0 Å². The van der Waals surface area contributed by atoms with Crippen molar-refractivity contribution in [3.63, 3.8) is 0 Å². The van der Waals surface area contributed by atoms with Crippen LogP contribution in [0.4, 0.5) is 0 Å². The third kappa shape index (κ3) is 1.44. The van der Waals surface area contributed by atoms with E-state index in [4.69, 9.17) is 4.98 Å². The molecule has 3 heterocycles. The molecule has 22 heavy (non-hydrogen) atoms. The first-order chi connectivity index (χ1) is 10.8. The molecule has 4 heteroatoms. The summed E-state index contributed by atoms with van der Waals surface area (Å²) < 4.78 is 1.72. The van der Waals surface area contributed by atoms with Crippen molar-refractivity contribution < 1.29 is 0 Å². The van der Waals surface area contributed by atoms with Gasteiger partial charge in [0.05, 0.1) is 23.0 Å². The van der Waals surface area contributed by atoms with E-state index < -0.39 is 0 Å². The van der Waals surface area contributed by atoms with E-state index in [-0.39, 0.29) is 5.56 Å². The molecular weight excluding hydrogens is 274 g/mol. The summed E-state index contributed by atoms with van der Waals surface area (Å²) in [5, 5.41) is 1.75. The average molecular weight is 285 g/mol. The van der Waals surface area contributed by atoms with Crippen molar-refractivity contribution in [2.24, 2.45) is 0 Å². The van der Waals surface area contributed by atoms with E-state index in [1.54, 1.807) is 4.57 Å². The number of nitrogens with zero attached hydrogens (tertiary/aromatic N) is 3. The lowest BCUT2D eigenvalue weighted by molar-refractivity contribution is 0.797. The predicted octanol–water partition coefficient (Wildman–Crippen LogP) is 2.97. The summed E-state index contributed by atoms with van der Waals surface area (Å²) >= 11 is 0. The topological polar surface area (TPSA) is 47.8 Å². The number of para-hydroxylation sites is 2. The van der Waals surface area contributed by atoms with E-state index in [1.165, 1.54) is 0 Å². The van der Waals surface area contributed by atoms with E-state index in [0.717, 1.165) is 27.7 Å². The first kappa shape index (κ1) is 11.6. The molecule has 104 valence electrons. The molecule has 0 N–H and O–H groups in total. The van der Waals surface area contributed by atoms with Gasteiger partial charge in [0, 0.05) is 10.9 Å². The first-order valence-electron chi connectivity index (χ1n) is 7.20. The maximum absolute atomic E-state index is 12.7. The monoisotopic (exact) mass is 285 g/mol. The number of benzene rings is 2. The van der Waals surface area contributed by atoms with Gasteiger partial charge in [-0.15, -0.1) is 0 Å². The molecule has 0 saturated heterocycles. The van der Waals surface area contributed by atoms with Crippen LogP contribution in [-0.4, -0.2) is 14.5 Å². The highest BCUT2D eigenvalue weighted by atomic mass is 16.1. The summed E-state index contributed by atoms with van der Waals surface area (Å²) in [7, 11) is 0. The second-order valence-electron chi connectivity index (χ2n) is 5.53. The van der Waals surface area contributed by atoms with Gasteiger partial charge in [-0.25, -0.2) is 9.97 Å². The number of pyridine rings is 1. The normalized spacial score (nSPS) is 12.5. The van der Waals surface area contributed by atoms with Crippen molar-refractivity contribution >= 4 is 21.8 Å². The van der Waals surface area contributed by atoms with Gasteiger partial charge in [-0.05, 0) is 24.3 Å². The molecule has 2 aromatic carbocycles. The second-order valence-corrected chi connectivity index (χ2v) is 5.53. The highest BCUT2D eigenvalue weighted by molar-refractivity contribution is 5.85. The molecule has 1 aliphatic heterocycles. The molecule has 0 spiro atoms. The Morgan fingerprint density at radius 3 is 2.59 bits per heavy atom. The smallest absolute Gasteiger partial charge is 0.262 e. The largest absolute Gasteiger partial charge is 0.286 e. The minimum absolute atomic E-state index is 0.00246. The highest BCUT2D eigenvalue weighted by Gasteiger charge is 2.24. The van der Waals surface area contributed by atoms with E-state index in [2.05, 4.69) is 11.1 Å². The van der Waals surface area contributed by atoms with Gasteiger partial charge in [-0.3, -0.25) is 9.36 Å². The Hall–Kier alpha value is -3.01. The average Bonchev–Trinajstić information content (AvgIpc) is 2.91. The summed E-state index contributed by atoms with van der Waals surface area (Å²) in [4.78, 5) is 22.1. The molecule has 4 nitrogen and oxygen atoms in total. The van der Waals surface area contributed by atoms with Gasteiger partial charge in [0.2, 0.25) is 0 Å². The molecule has 0 unspecified atom stereocenters. The minimum atomic E-state index is 0.00246. The van der Waals surface area contributed by atoms with Crippen molar-refractivity contribution in [2.45, 2.75) is 6.54 Å². The number of hydrogen-bond acceptors (Lipinski definition) is 3. The molecule has 0 aliphatic carbocycles. The van der Waals surface area contributed by atoms with Crippen LogP contribution in [0, 0.1) is 0 Å². The molecule has 0 fully saturated rings. The summed E-state index contributed by atoms with van der Waals surface area (Å²) in [6, 6.07) is 17.6. The Labute approximate surface area is 125 Å². The zero-order valence-corrected chi connectivity index (χ0v) is 11.7. The first-order valence-corrected chi connectivity index (χ1v) is 7.20. The van der Waals surface area contributed by atoms with Gasteiger partial charge in [0.1, 0.15) is 5.69 Å². The maximum atomic E-state index is 12.7. The molecule has 5 rings (SSSR count). The third-order valence-electron chi connectivity index (χ3n) is 4.20. The summed E-state index contributed by atoms with van der Waals surface area (Å²) in [5.41, 5.74) is 3.53. The molecule has 0 radical (unpaired) electrons. The van der Waals surface area contributed by atoms with E-state index >= 15 is 0 Å². The van der Waals surface area contributed by atoms with Gasteiger partial charge < -0.3 is 0 Å².